The second-order valence-electron chi connectivity index (χ2n) is 7.05. The average molecular weight is 439 g/mol. The Balaban J connectivity index is 1.31. The first-order valence-corrected chi connectivity index (χ1v) is 10.9. The standard InChI is InChI=1S/C20H14FN5O2S2/c21-18-11(13-2-1-7-29-13)3-4-12-19(18)30-17(23-12)9-16-26-25-15(28-16)8-14(27)24-20(10-22)5-6-20/h1-4,7H,5-6,8-9H2,(H,24,27). The fraction of sp³-hybridized carbons (Fsp3) is 0.250. The van der Waals surface area contributed by atoms with Gasteiger partial charge in [-0.05, 0) is 36.4 Å². The first-order chi connectivity index (χ1) is 14.5. The van der Waals surface area contributed by atoms with E-state index in [1.807, 2.05) is 17.5 Å². The summed E-state index contributed by atoms with van der Waals surface area (Å²) >= 11 is 2.73. The summed E-state index contributed by atoms with van der Waals surface area (Å²) in [5.74, 6) is -0.138. The number of amides is 1. The highest BCUT2D eigenvalue weighted by Crippen LogP contribution is 2.35. The topological polar surface area (TPSA) is 105 Å². The molecule has 3 heterocycles. The first-order valence-electron chi connectivity index (χ1n) is 9.20. The maximum absolute atomic E-state index is 15.0. The van der Waals surface area contributed by atoms with Gasteiger partial charge in [-0.15, -0.1) is 32.9 Å². The van der Waals surface area contributed by atoms with Crippen LogP contribution in [0.15, 0.2) is 34.1 Å². The molecule has 10 heteroatoms. The molecule has 0 bridgehead atoms. The zero-order chi connectivity index (χ0) is 20.7. The van der Waals surface area contributed by atoms with Crippen LogP contribution in [-0.2, 0) is 17.6 Å². The number of fused-ring (bicyclic) bond motifs is 1. The number of nitrogens with zero attached hydrogens (tertiary/aromatic N) is 4. The van der Waals surface area contributed by atoms with E-state index in [2.05, 4.69) is 26.6 Å². The van der Waals surface area contributed by atoms with Crippen LogP contribution in [-0.4, -0.2) is 26.6 Å². The van der Waals surface area contributed by atoms with Gasteiger partial charge in [0.2, 0.25) is 17.7 Å². The number of hydrogen-bond donors (Lipinski definition) is 1. The lowest BCUT2D eigenvalue weighted by Crippen LogP contribution is -2.36. The second-order valence-corrected chi connectivity index (χ2v) is 9.08. The SMILES string of the molecule is N#CC1(NC(=O)Cc2nnc(Cc3nc4ccc(-c5cccs5)c(F)c4s3)o2)CC1. The van der Waals surface area contributed by atoms with Crippen LogP contribution in [0, 0.1) is 17.1 Å². The maximum Gasteiger partial charge on any atom is 0.230 e. The number of hydrogen-bond acceptors (Lipinski definition) is 8. The van der Waals surface area contributed by atoms with Gasteiger partial charge in [-0.2, -0.15) is 5.26 Å². The molecular formula is C20H14FN5O2S2. The van der Waals surface area contributed by atoms with Crippen molar-refractivity contribution < 1.29 is 13.6 Å². The van der Waals surface area contributed by atoms with Gasteiger partial charge in [0, 0.05) is 10.4 Å². The molecule has 1 aromatic carbocycles. The molecule has 1 amide bonds. The lowest BCUT2D eigenvalue weighted by atomic mass is 10.1. The first kappa shape index (κ1) is 18.8. The molecule has 0 atom stereocenters. The van der Waals surface area contributed by atoms with Gasteiger partial charge >= 0.3 is 0 Å². The van der Waals surface area contributed by atoms with Gasteiger partial charge < -0.3 is 9.73 Å². The van der Waals surface area contributed by atoms with E-state index in [4.69, 9.17) is 9.68 Å². The largest absolute Gasteiger partial charge is 0.424 e. The minimum Gasteiger partial charge on any atom is -0.424 e. The number of thiophene rings is 1. The second kappa shape index (κ2) is 7.27. The van der Waals surface area contributed by atoms with Crippen LogP contribution in [0.5, 0.6) is 0 Å². The van der Waals surface area contributed by atoms with Crippen LogP contribution in [0.2, 0.25) is 0 Å². The monoisotopic (exact) mass is 439 g/mol. The summed E-state index contributed by atoms with van der Waals surface area (Å²) in [5, 5.41) is 22.1. The van der Waals surface area contributed by atoms with Crippen molar-refractivity contribution in [3.63, 3.8) is 0 Å². The van der Waals surface area contributed by atoms with Crippen molar-refractivity contribution in [1.29, 1.82) is 5.26 Å². The van der Waals surface area contributed by atoms with Crippen LogP contribution in [0.4, 0.5) is 4.39 Å². The molecule has 0 spiro atoms. The van der Waals surface area contributed by atoms with E-state index in [-0.39, 0.29) is 30.5 Å². The zero-order valence-electron chi connectivity index (χ0n) is 15.5. The number of nitriles is 1. The number of thiazole rings is 1. The summed E-state index contributed by atoms with van der Waals surface area (Å²) in [6, 6.07) is 9.42. The van der Waals surface area contributed by atoms with Crippen LogP contribution < -0.4 is 5.32 Å². The van der Waals surface area contributed by atoms with E-state index in [9.17, 15) is 9.18 Å². The Bertz CT molecular complexity index is 1280. The fourth-order valence-corrected chi connectivity index (χ4v) is 4.84. The quantitative estimate of drug-likeness (QED) is 0.489. The molecule has 0 aliphatic heterocycles. The molecule has 1 aliphatic rings. The predicted molar refractivity (Wildman–Crippen MR) is 109 cm³/mol. The Morgan fingerprint density at radius 1 is 1.30 bits per heavy atom. The number of aromatic nitrogens is 3. The van der Waals surface area contributed by atoms with Crippen LogP contribution in [0.25, 0.3) is 20.7 Å². The van der Waals surface area contributed by atoms with Gasteiger partial charge in [-0.1, -0.05) is 6.07 Å². The minimum atomic E-state index is -0.729. The third kappa shape index (κ3) is 3.58. The number of carbonyl (C=O) groups excluding carboxylic acids is 1. The Morgan fingerprint density at radius 3 is 2.87 bits per heavy atom. The molecule has 1 aliphatic carbocycles. The van der Waals surface area contributed by atoms with Crippen molar-refractivity contribution in [1.82, 2.24) is 20.5 Å². The molecule has 4 aromatic rings. The smallest absolute Gasteiger partial charge is 0.230 e. The van der Waals surface area contributed by atoms with Crippen molar-refractivity contribution >= 4 is 38.8 Å². The number of nitrogens with one attached hydrogen (secondary N) is 1. The molecular weight excluding hydrogens is 425 g/mol. The lowest BCUT2D eigenvalue weighted by molar-refractivity contribution is -0.121. The van der Waals surface area contributed by atoms with E-state index in [1.54, 1.807) is 12.1 Å². The van der Waals surface area contributed by atoms with Gasteiger partial charge in [0.1, 0.15) is 17.0 Å². The molecule has 0 unspecified atom stereocenters. The van der Waals surface area contributed by atoms with Gasteiger partial charge in [0.05, 0.1) is 22.7 Å². The normalized spacial score (nSPS) is 14.5. The minimum absolute atomic E-state index is 0.0882. The Kier molecular flexibility index (Phi) is 4.56. The summed E-state index contributed by atoms with van der Waals surface area (Å²) in [6.45, 7) is 0. The summed E-state index contributed by atoms with van der Waals surface area (Å²) < 4.78 is 21.0. The van der Waals surface area contributed by atoms with Crippen molar-refractivity contribution in [2.45, 2.75) is 31.2 Å². The average Bonchev–Trinajstić information content (AvgIpc) is 3.14. The zero-order valence-corrected chi connectivity index (χ0v) is 17.1. The maximum atomic E-state index is 15.0. The van der Waals surface area contributed by atoms with Gasteiger partial charge in [0.25, 0.3) is 0 Å². The van der Waals surface area contributed by atoms with Crippen molar-refractivity contribution in [2.24, 2.45) is 0 Å². The molecule has 1 saturated carbocycles. The Labute approximate surface area is 178 Å². The highest BCUT2D eigenvalue weighted by atomic mass is 32.1. The summed E-state index contributed by atoms with van der Waals surface area (Å²) in [7, 11) is 0. The molecule has 3 aromatic heterocycles. The highest BCUT2D eigenvalue weighted by molar-refractivity contribution is 7.18. The molecule has 150 valence electrons. The Morgan fingerprint density at radius 2 is 2.13 bits per heavy atom. The molecule has 0 saturated heterocycles. The summed E-state index contributed by atoms with van der Waals surface area (Å²) in [5.41, 5.74) is 0.412. The summed E-state index contributed by atoms with van der Waals surface area (Å²) in [4.78, 5) is 17.4. The molecule has 5 rings (SSSR count). The van der Waals surface area contributed by atoms with Crippen molar-refractivity contribution in [3.8, 4) is 16.5 Å². The van der Waals surface area contributed by atoms with Crippen LogP contribution in [0.3, 0.4) is 0 Å². The van der Waals surface area contributed by atoms with E-state index >= 15 is 0 Å². The van der Waals surface area contributed by atoms with E-state index in [0.717, 1.165) is 4.88 Å². The van der Waals surface area contributed by atoms with Gasteiger partial charge in [-0.25, -0.2) is 9.37 Å². The Hall–Kier alpha value is -3.16. The van der Waals surface area contributed by atoms with Gasteiger partial charge in [0.15, 0.2) is 5.82 Å². The predicted octanol–water partition coefficient (Wildman–Crippen LogP) is 3.85. The molecule has 7 nitrogen and oxygen atoms in total. The van der Waals surface area contributed by atoms with E-state index in [0.29, 0.717) is 39.5 Å². The van der Waals surface area contributed by atoms with Crippen LogP contribution >= 0.6 is 22.7 Å². The van der Waals surface area contributed by atoms with E-state index < -0.39 is 5.54 Å². The lowest BCUT2D eigenvalue weighted by Gasteiger charge is -2.06. The molecule has 1 N–H and O–H groups in total. The molecule has 30 heavy (non-hydrogen) atoms. The van der Waals surface area contributed by atoms with Crippen molar-refractivity contribution in [2.75, 3.05) is 0 Å². The molecule has 0 radical (unpaired) electrons. The number of rotatable bonds is 6. The number of benzene rings is 1. The fourth-order valence-electron chi connectivity index (χ4n) is 3.10. The number of halogens is 1. The van der Waals surface area contributed by atoms with Crippen molar-refractivity contribution in [3.05, 3.63) is 52.3 Å². The number of carbonyl (C=O) groups is 1. The van der Waals surface area contributed by atoms with Gasteiger partial charge in [-0.3, -0.25) is 4.79 Å². The third-order valence-electron chi connectivity index (χ3n) is 4.79. The third-order valence-corrected chi connectivity index (χ3v) is 6.76. The molecule has 1 fully saturated rings. The highest BCUT2D eigenvalue weighted by Gasteiger charge is 2.44. The van der Waals surface area contributed by atoms with E-state index in [1.165, 1.54) is 22.7 Å². The van der Waals surface area contributed by atoms with Crippen LogP contribution in [0.1, 0.15) is 29.6 Å². The summed E-state index contributed by atoms with van der Waals surface area (Å²) in [6.07, 6.45) is 1.48.